The van der Waals surface area contributed by atoms with E-state index in [0.717, 1.165) is 5.01 Å². The summed E-state index contributed by atoms with van der Waals surface area (Å²) < 4.78 is 13.2. The number of amides is 2. The number of benzene rings is 1. The Morgan fingerprint density at radius 2 is 2.00 bits per heavy atom. The molecule has 1 aliphatic rings. The van der Waals surface area contributed by atoms with Crippen LogP contribution in [0.3, 0.4) is 0 Å². The van der Waals surface area contributed by atoms with E-state index in [1.807, 2.05) is 0 Å². The fourth-order valence-electron chi connectivity index (χ4n) is 1.27. The van der Waals surface area contributed by atoms with Crippen LogP contribution in [-0.4, -0.2) is 11.8 Å². The van der Waals surface area contributed by atoms with Crippen molar-refractivity contribution in [3.63, 3.8) is 0 Å². The molecule has 2 amide bonds. The maximum atomic E-state index is 13.2. The molecular weight excluding hydrogens is 187 g/mol. The first-order chi connectivity index (χ1) is 6.68. The topological polar surface area (TPSA) is 49.4 Å². The predicted molar refractivity (Wildman–Crippen MR) is 46.6 cm³/mol. The number of rotatable bonds is 1. The highest BCUT2D eigenvalue weighted by Crippen LogP contribution is 2.19. The molecule has 0 spiro atoms. The van der Waals surface area contributed by atoms with Gasteiger partial charge in [0.25, 0.3) is 5.91 Å². The molecule has 0 aromatic heterocycles. The van der Waals surface area contributed by atoms with Crippen molar-refractivity contribution in [3.8, 4) is 0 Å². The molecule has 0 bridgehead atoms. The molecule has 72 valence electrons. The lowest BCUT2D eigenvalue weighted by atomic mass is 10.3. The Hall–Kier alpha value is -1.91. The minimum atomic E-state index is -0.539. The van der Waals surface area contributed by atoms with Gasteiger partial charge in [0.05, 0.1) is 0 Å². The van der Waals surface area contributed by atoms with Crippen LogP contribution in [0.15, 0.2) is 24.3 Å². The highest BCUT2D eigenvalue weighted by molar-refractivity contribution is 6.11. The lowest BCUT2D eigenvalue weighted by molar-refractivity contribution is -0.122. The summed E-state index contributed by atoms with van der Waals surface area (Å²) in [4.78, 5) is 22.1. The van der Waals surface area contributed by atoms with E-state index >= 15 is 0 Å². The first-order valence-electron chi connectivity index (χ1n) is 4.05. The molecule has 1 aromatic rings. The Labute approximate surface area is 79.3 Å². The Kier molecular flexibility index (Phi) is 1.92. The van der Waals surface area contributed by atoms with Crippen molar-refractivity contribution in [3.05, 3.63) is 30.1 Å². The predicted octanol–water partition coefficient (Wildman–Crippen LogP) is 0.594. The quantitative estimate of drug-likeness (QED) is 0.665. The smallest absolute Gasteiger partial charge is 0.255 e. The Balaban J connectivity index is 2.36. The van der Waals surface area contributed by atoms with Crippen molar-refractivity contribution in [2.24, 2.45) is 0 Å². The molecule has 0 aliphatic carbocycles. The number of anilines is 1. The highest BCUT2D eigenvalue weighted by atomic mass is 19.1. The van der Waals surface area contributed by atoms with Gasteiger partial charge in [-0.25, -0.2) is 9.40 Å². The molecule has 1 N–H and O–H groups in total. The molecule has 5 heteroatoms. The number of nitrogens with one attached hydrogen (secondary N) is 1. The number of carbonyl (C=O) groups excluding carboxylic acids is 2. The molecule has 1 heterocycles. The third kappa shape index (κ3) is 1.32. The second kappa shape index (κ2) is 3.10. The summed E-state index contributed by atoms with van der Waals surface area (Å²) in [6, 6.07) is 5.77. The molecule has 1 aliphatic heterocycles. The number of hydrazine groups is 1. The average molecular weight is 194 g/mol. The maximum Gasteiger partial charge on any atom is 0.255 e. The zero-order valence-corrected chi connectivity index (χ0v) is 7.16. The van der Waals surface area contributed by atoms with Crippen LogP contribution in [0.5, 0.6) is 0 Å². The summed E-state index contributed by atoms with van der Waals surface area (Å²) in [6.07, 6.45) is -0.228. The lowest BCUT2D eigenvalue weighted by Crippen LogP contribution is -2.36. The van der Waals surface area contributed by atoms with Gasteiger partial charge in [0.2, 0.25) is 5.91 Å². The lowest BCUT2D eigenvalue weighted by Gasteiger charge is -2.15. The van der Waals surface area contributed by atoms with Crippen LogP contribution in [0.2, 0.25) is 0 Å². The number of hydrogen-bond acceptors (Lipinski definition) is 2. The molecule has 1 fully saturated rings. The number of nitrogens with zero attached hydrogens (tertiary/aromatic N) is 1. The average Bonchev–Trinajstić information content (AvgIpc) is 2.46. The minimum Gasteiger partial charge on any atom is -0.273 e. The van der Waals surface area contributed by atoms with Gasteiger partial charge in [0.1, 0.15) is 17.9 Å². The third-order valence-corrected chi connectivity index (χ3v) is 1.89. The van der Waals surface area contributed by atoms with Gasteiger partial charge in [-0.1, -0.05) is 12.1 Å². The van der Waals surface area contributed by atoms with Gasteiger partial charge >= 0.3 is 0 Å². The Bertz CT molecular complexity index is 406. The van der Waals surface area contributed by atoms with Crippen LogP contribution in [0, 0.1) is 5.82 Å². The minimum absolute atomic E-state index is 0.0725. The fourth-order valence-corrected chi connectivity index (χ4v) is 1.27. The summed E-state index contributed by atoms with van der Waals surface area (Å²) in [6.45, 7) is 0. The molecular formula is C9H7FN2O2. The molecule has 14 heavy (non-hydrogen) atoms. The maximum absolute atomic E-state index is 13.2. The summed E-state index contributed by atoms with van der Waals surface area (Å²) >= 11 is 0. The third-order valence-electron chi connectivity index (χ3n) is 1.89. The van der Waals surface area contributed by atoms with Crippen molar-refractivity contribution in [2.45, 2.75) is 6.42 Å². The van der Waals surface area contributed by atoms with E-state index in [2.05, 4.69) is 5.43 Å². The summed E-state index contributed by atoms with van der Waals surface area (Å²) in [5.41, 5.74) is 2.34. The summed E-state index contributed by atoms with van der Waals surface area (Å²) in [5, 5.41) is 0.928. The van der Waals surface area contributed by atoms with E-state index in [4.69, 9.17) is 0 Å². The van der Waals surface area contributed by atoms with Crippen LogP contribution < -0.4 is 10.4 Å². The van der Waals surface area contributed by atoms with E-state index in [0.29, 0.717) is 0 Å². The number of para-hydroxylation sites is 1. The van der Waals surface area contributed by atoms with E-state index < -0.39 is 17.6 Å². The van der Waals surface area contributed by atoms with Crippen molar-refractivity contribution in [2.75, 3.05) is 5.01 Å². The van der Waals surface area contributed by atoms with Crippen LogP contribution in [0.4, 0.5) is 10.1 Å². The summed E-state index contributed by atoms with van der Waals surface area (Å²) in [5.74, 6) is -1.40. The Morgan fingerprint density at radius 3 is 2.57 bits per heavy atom. The molecule has 0 radical (unpaired) electrons. The van der Waals surface area contributed by atoms with Crippen molar-refractivity contribution < 1.29 is 14.0 Å². The first kappa shape index (κ1) is 8.68. The van der Waals surface area contributed by atoms with Crippen molar-refractivity contribution in [1.29, 1.82) is 0 Å². The standard InChI is InChI=1S/C9H7FN2O2/c10-6-3-1-2-4-7(6)12-9(14)5-8(13)11-12/h1-4H,5H2,(H,11,13). The number of halogens is 1. The van der Waals surface area contributed by atoms with Gasteiger partial charge in [-0.15, -0.1) is 0 Å². The molecule has 1 aromatic carbocycles. The molecule has 0 atom stereocenters. The highest BCUT2D eigenvalue weighted by Gasteiger charge is 2.29. The zero-order chi connectivity index (χ0) is 10.1. The van der Waals surface area contributed by atoms with Crippen molar-refractivity contribution in [1.82, 2.24) is 5.43 Å². The molecule has 2 rings (SSSR count). The second-order valence-electron chi connectivity index (χ2n) is 2.89. The van der Waals surface area contributed by atoms with E-state index in [9.17, 15) is 14.0 Å². The van der Waals surface area contributed by atoms with Crippen LogP contribution in [0.1, 0.15) is 6.42 Å². The van der Waals surface area contributed by atoms with Crippen LogP contribution in [-0.2, 0) is 9.59 Å². The number of hydrogen-bond donors (Lipinski definition) is 1. The van der Waals surface area contributed by atoms with Crippen LogP contribution >= 0.6 is 0 Å². The normalized spacial score (nSPS) is 15.9. The van der Waals surface area contributed by atoms with Gasteiger partial charge in [-0.3, -0.25) is 15.0 Å². The number of carbonyl (C=O) groups is 2. The first-order valence-corrected chi connectivity index (χ1v) is 4.05. The largest absolute Gasteiger partial charge is 0.273 e. The van der Waals surface area contributed by atoms with Gasteiger partial charge in [-0.05, 0) is 12.1 Å². The summed E-state index contributed by atoms with van der Waals surface area (Å²) in [7, 11) is 0. The van der Waals surface area contributed by atoms with Gasteiger partial charge < -0.3 is 0 Å². The Morgan fingerprint density at radius 1 is 1.29 bits per heavy atom. The fraction of sp³-hybridized carbons (Fsp3) is 0.111. The molecule has 1 saturated heterocycles. The monoisotopic (exact) mass is 194 g/mol. The van der Waals surface area contributed by atoms with E-state index in [-0.39, 0.29) is 12.1 Å². The molecule has 4 nitrogen and oxygen atoms in total. The van der Waals surface area contributed by atoms with Crippen LogP contribution in [0.25, 0.3) is 0 Å². The SMILES string of the molecule is O=C1CC(=O)N(c2ccccc2F)N1. The van der Waals surface area contributed by atoms with E-state index in [1.54, 1.807) is 6.07 Å². The van der Waals surface area contributed by atoms with Gasteiger partial charge in [0, 0.05) is 0 Å². The van der Waals surface area contributed by atoms with Gasteiger partial charge in [0.15, 0.2) is 0 Å². The second-order valence-corrected chi connectivity index (χ2v) is 2.89. The van der Waals surface area contributed by atoms with Gasteiger partial charge in [-0.2, -0.15) is 0 Å². The molecule has 0 saturated carbocycles. The molecule has 0 unspecified atom stereocenters. The van der Waals surface area contributed by atoms with E-state index in [1.165, 1.54) is 18.2 Å². The van der Waals surface area contributed by atoms with Crippen molar-refractivity contribution >= 4 is 17.5 Å². The zero-order valence-electron chi connectivity index (χ0n) is 7.16.